The van der Waals surface area contributed by atoms with Crippen molar-refractivity contribution in [3.8, 4) is 0 Å². The third-order valence-corrected chi connectivity index (χ3v) is 8.03. The molecule has 5 aliphatic rings. The number of fused-ring (bicyclic) bond motifs is 3. The van der Waals surface area contributed by atoms with Gasteiger partial charge in [0.1, 0.15) is 18.5 Å². The van der Waals surface area contributed by atoms with Crippen LogP contribution in [0.1, 0.15) is 19.4 Å². The predicted molar refractivity (Wildman–Crippen MR) is 124 cm³/mol. The van der Waals surface area contributed by atoms with E-state index >= 15 is 4.39 Å². The van der Waals surface area contributed by atoms with Gasteiger partial charge in [0, 0.05) is 20.1 Å². The third-order valence-electron chi connectivity index (χ3n) is 8.03. The number of hydrogen-bond acceptors (Lipinski definition) is 10. The molecule has 2 spiro atoms. The molecule has 37 heavy (non-hydrogen) atoms. The Labute approximate surface area is 208 Å². The van der Waals surface area contributed by atoms with Gasteiger partial charge in [0.2, 0.25) is 11.5 Å². The molecule has 1 aromatic carbocycles. The van der Waals surface area contributed by atoms with Crippen molar-refractivity contribution in [1.29, 1.82) is 0 Å². The molecular formula is C23H23FN6O7. The van der Waals surface area contributed by atoms with Crippen molar-refractivity contribution < 1.29 is 37.5 Å². The van der Waals surface area contributed by atoms with Gasteiger partial charge in [-0.25, -0.2) is 23.9 Å². The standard InChI is InChI=1S/C23H23FN6O7/c1-9-6-29-15-11(5-22-18(25-20(32)26-19(22)31)27-23(22,29)10(2)36-9)4-13-16(14(15)24)37-28-17(13)30-12(7-34-3)8-35-21(30)33/h4,9-10,12H,5-8H2,1-3H3,(H2,25,26,27,31,32). The largest absolute Gasteiger partial charge is 0.447 e. The molecule has 3 fully saturated rings. The zero-order chi connectivity index (χ0) is 25.9. The van der Waals surface area contributed by atoms with Gasteiger partial charge >= 0.3 is 12.1 Å². The fraction of sp³-hybridized carbons (Fsp3) is 0.522. The van der Waals surface area contributed by atoms with Gasteiger partial charge in [-0.05, 0) is 25.5 Å². The lowest BCUT2D eigenvalue weighted by Gasteiger charge is -2.67. The van der Waals surface area contributed by atoms with E-state index in [9.17, 15) is 14.4 Å². The number of amidine groups is 1. The van der Waals surface area contributed by atoms with E-state index in [1.807, 2.05) is 6.92 Å². The number of halogens is 1. The average Bonchev–Trinajstić information content (AvgIpc) is 3.40. The number of anilines is 2. The number of morpholine rings is 1. The molecule has 6 heterocycles. The number of nitrogens with zero attached hydrogens (tertiary/aromatic N) is 4. The van der Waals surface area contributed by atoms with Crippen LogP contribution in [0, 0.1) is 11.2 Å². The minimum Gasteiger partial charge on any atom is -0.447 e. The molecule has 4 amide bonds. The van der Waals surface area contributed by atoms with E-state index in [0.29, 0.717) is 5.56 Å². The molecule has 0 aliphatic carbocycles. The quantitative estimate of drug-likeness (QED) is 0.613. The molecule has 2 aromatic rings. The minimum absolute atomic E-state index is 0.0370. The highest BCUT2D eigenvalue weighted by Crippen LogP contribution is 2.60. The maximum atomic E-state index is 16.3. The van der Waals surface area contributed by atoms with E-state index in [1.165, 1.54) is 12.0 Å². The smallest absolute Gasteiger partial charge is 0.416 e. The number of methoxy groups -OCH3 is 1. The van der Waals surface area contributed by atoms with E-state index in [4.69, 9.17) is 18.7 Å². The number of imide groups is 1. The van der Waals surface area contributed by atoms with Gasteiger partial charge in [-0.15, -0.1) is 0 Å². The van der Waals surface area contributed by atoms with Crippen molar-refractivity contribution >= 4 is 46.3 Å². The highest BCUT2D eigenvalue weighted by molar-refractivity contribution is 6.26. The van der Waals surface area contributed by atoms with Gasteiger partial charge in [-0.3, -0.25) is 15.4 Å². The molecule has 5 aliphatic heterocycles. The number of aromatic nitrogens is 1. The average molecular weight is 514 g/mol. The first-order chi connectivity index (χ1) is 17.7. The van der Waals surface area contributed by atoms with Crippen LogP contribution >= 0.6 is 0 Å². The number of urea groups is 1. The number of ether oxygens (including phenoxy) is 3. The number of carbonyl (C=O) groups excluding carboxylic acids is 3. The Morgan fingerprint density at radius 1 is 1.27 bits per heavy atom. The molecule has 0 radical (unpaired) electrons. The van der Waals surface area contributed by atoms with Gasteiger partial charge in [0.15, 0.2) is 22.7 Å². The molecule has 3 saturated heterocycles. The van der Waals surface area contributed by atoms with Crippen LogP contribution in [-0.4, -0.2) is 79.8 Å². The van der Waals surface area contributed by atoms with Crippen LogP contribution in [0.15, 0.2) is 15.6 Å². The number of hydrogen-bond donors (Lipinski definition) is 2. The molecular weight excluding hydrogens is 491 g/mol. The summed E-state index contributed by atoms with van der Waals surface area (Å²) < 4.78 is 38.2. The topological polar surface area (TPSA) is 148 Å². The molecule has 0 bridgehead atoms. The van der Waals surface area contributed by atoms with E-state index in [-0.39, 0.29) is 60.6 Å². The van der Waals surface area contributed by atoms with Crippen molar-refractivity contribution in [2.45, 2.75) is 44.2 Å². The van der Waals surface area contributed by atoms with Crippen LogP contribution in [0.5, 0.6) is 0 Å². The van der Waals surface area contributed by atoms with Gasteiger partial charge in [-0.1, -0.05) is 5.16 Å². The Bertz CT molecular complexity index is 1440. The van der Waals surface area contributed by atoms with Gasteiger partial charge in [0.05, 0.1) is 29.8 Å². The second kappa shape index (κ2) is 7.16. The second-order valence-corrected chi connectivity index (χ2v) is 10.0. The van der Waals surface area contributed by atoms with Crippen molar-refractivity contribution in [3.63, 3.8) is 0 Å². The lowest BCUT2D eigenvalue weighted by molar-refractivity contribution is -0.147. The van der Waals surface area contributed by atoms with Crippen molar-refractivity contribution in [3.05, 3.63) is 17.4 Å². The van der Waals surface area contributed by atoms with Crippen molar-refractivity contribution in [2.24, 2.45) is 10.4 Å². The van der Waals surface area contributed by atoms with Crippen LogP contribution in [0.4, 0.5) is 25.5 Å². The minimum atomic E-state index is -1.31. The Kier molecular flexibility index (Phi) is 4.34. The predicted octanol–water partition coefficient (Wildman–Crippen LogP) is 1.04. The normalized spacial score (nSPS) is 34.0. The fourth-order valence-electron chi connectivity index (χ4n) is 6.62. The lowest BCUT2D eigenvalue weighted by atomic mass is 9.58. The zero-order valence-corrected chi connectivity index (χ0v) is 20.2. The monoisotopic (exact) mass is 514 g/mol. The summed E-state index contributed by atoms with van der Waals surface area (Å²) in [6.07, 6.45) is -1.50. The molecule has 194 valence electrons. The summed E-state index contributed by atoms with van der Waals surface area (Å²) in [6.45, 7) is 4.16. The maximum Gasteiger partial charge on any atom is 0.416 e. The number of benzene rings is 1. The first-order valence-corrected chi connectivity index (χ1v) is 11.9. The van der Waals surface area contributed by atoms with Crippen LogP contribution in [0.3, 0.4) is 0 Å². The molecule has 5 unspecified atom stereocenters. The Hall–Kier alpha value is -3.78. The highest BCUT2D eigenvalue weighted by atomic mass is 19.1. The number of cyclic esters (lactones) is 1. The number of aliphatic imine (C=N–C) groups is 1. The molecule has 5 atom stereocenters. The summed E-state index contributed by atoms with van der Waals surface area (Å²) >= 11 is 0. The Morgan fingerprint density at radius 2 is 2.08 bits per heavy atom. The summed E-state index contributed by atoms with van der Waals surface area (Å²) in [5, 5.41) is 9.29. The molecule has 0 saturated carbocycles. The maximum absolute atomic E-state index is 16.3. The van der Waals surface area contributed by atoms with Gasteiger partial charge < -0.3 is 23.6 Å². The van der Waals surface area contributed by atoms with E-state index in [1.54, 1.807) is 17.9 Å². The van der Waals surface area contributed by atoms with Crippen molar-refractivity contribution in [1.82, 2.24) is 15.8 Å². The lowest BCUT2D eigenvalue weighted by Crippen LogP contribution is -2.86. The molecule has 14 heteroatoms. The summed E-state index contributed by atoms with van der Waals surface area (Å²) in [7, 11) is 1.50. The number of carbonyl (C=O) groups is 3. The Morgan fingerprint density at radius 3 is 2.84 bits per heavy atom. The van der Waals surface area contributed by atoms with E-state index in [0.717, 1.165) is 0 Å². The number of nitrogens with one attached hydrogen (secondary N) is 2. The van der Waals surface area contributed by atoms with Crippen LogP contribution < -0.4 is 20.4 Å². The van der Waals surface area contributed by atoms with Crippen molar-refractivity contribution in [2.75, 3.05) is 36.7 Å². The first kappa shape index (κ1) is 22.4. The Balaban J connectivity index is 1.44. The summed E-state index contributed by atoms with van der Waals surface area (Å²) in [5.74, 6) is -0.891. The van der Waals surface area contributed by atoms with Crippen LogP contribution in [-0.2, 0) is 25.4 Å². The summed E-state index contributed by atoms with van der Waals surface area (Å²) in [6, 6.07) is 0.541. The summed E-state index contributed by atoms with van der Waals surface area (Å²) in [4.78, 5) is 45.8. The second-order valence-electron chi connectivity index (χ2n) is 10.0. The third kappa shape index (κ3) is 2.51. The fourth-order valence-corrected chi connectivity index (χ4v) is 6.62. The molecule has 13 nitrogen and oxygen atoms in total. The first-order valence-electron chi connectivity index (χ1n) is 11.9. The van der Waals surface area contributed by atoms with Gasteiger partial charge in [0.25, 0.3) is 0 Å². The van der Waals surface area contributed by atoms with Gasteiger partial charge in [-0.2, -0.15) is 0 Å². The van der Waals surface area contributed by atoms with E-state index < -0.39 is 47.1 Å². The van der Waals surface area contributed by atoms with E-state index in [2.05, 4.69) is 20.8 Å². The SMILES string of the molecule is COCC1COC(=O)N1c1noc2c(F)c3c(cc12)CC12C(=O)NC(=O)NC1=NC21C(C)OC(C)CN31. The molecule has 1 aromatic heterocycles. The summed E-state index contributed by atoms with van der Waals surface area (Å²) in [5.41, 5.74) is -1.99. The van der Waals surface area contributed by atoms with Crippen LogP contribution in [0.2, 0.25) is 0 Å². The molecule has 7 rings (SSSR count). The highest BCUT2D eigenvalue weighted by Gasteiger charge is 2.77. The van der Waals surface area contributed by atoms with Crippen LogP contribution in [0.25, 0.3) is 11.0 Å². The molecule has 2 N–H and O–H groups in total. The number of rotatable bonds is 3. The zero-order valence-electron chi connectivity index (χ0n) is 20.2. The number of amides is 4.